The van der Waals surface area contributed by atoms with Crippen molar-refractivity contribution in [2.45, 2.75) is 13.0 Å². The summed E-state index contributed by atoms with van der Waals surface area (Å²) in [5.41, 5.74) is 2.15. The second-order valence-corrected chi connectivity index (χ2v) is 4.54. The van der Waals surface area contributed by atoms with Crippen molar-refractivity contribution in [3.8, 4) is 5.75 Å². The molecular weight excluding hydrogens is 266 g/mol. The smallest absolute Gasteiger partial charge is 0.336 e. The topological polar surface area (TPSA) is 58.9 Å². The zero-order valence-corrected chi connectivity index (χ0v) is 11.8. The third-order valence-corrected chi connectivity index (χ3v) is 3.12. The molecule has 0 heterocycles. The molecule has 0 radical (unpaired) electrons. The summed E-state index contributed by atoms with van der Waals surface area (Å²) in [6.07, 6.45) is 2.51. The minimum Gasteiger partial charge on any atom is -0.497 e. The summed E-state index contributed by atoms with van der Waals surface area (Å²) >= 11 is 0. The molecule has 2 aromatic rings. The Morgan fingerprint density at radius 2 is 1.90 bits per heavy atom. The van der Waals surface area contributed by atoms with Gasteiger partial charge < -0.3 is 9.84 Å². The predicted octanol–water partition coefficient (Wildman–Crippen LogP) is 3.21. The van der Waals surface area contributed by atoms with Crippen molar-refractivity contribution in [2.24, 2.45) is 4.99 Å². The highest BCUT2D eigenvalue weighted by Crippen LogP contribution is 2.12. The van der Waals surface area contributed by atoms with E-state index in [4.69, 9.17) is 9.84 Å². The number of aromatic carboxylic acids is 1. The van der Waals surface area contributed by atoms with E-state index in [0.29, 0.717) is 18.5 Å². The molecule has 0 aliphatic heterocycles. The third kappa shape index (κ3) is 4.18. The van der Waals surface area contributed by atoms with E-state index in [0.717, 1.165) is 16.9 Å². The van der Waals surface area contributed by atoms with Gasteiger partial charge in [0, 0.05) is 12.6 Å². The van der Waals surface area contributed by atoms with Gasteiger partial charge in [-0.25, -0.2) is 4.79 Å². The van der Waals surface area contributed by atoms with Crippen molar-refractivity contribution in [3.05, 3.63) is 65.2 Å². The molecule has 2 aromatic carbocycles. The zero-order chi connectivity index (χ0) is 15.1. The molecule has 0 aliphatic carbocycles. The fraction of sp³-hybridized carbons (Fsp3) is 0.176. The first kappa shape index (κ1) is 14.8. The number of carbonyl (C=O) groups is 1. The number of ether oxygens (including phenoxy) is 1. The molecule has 0 unspecified atom stereocenters. The molecule has 0 fully saturated rings. The summed E-state index contributed by atoms with van der Waals surface area (Å²) in [6.45, 7) is 0.374. The number of hydrogen-bond acceptors (Lipinski definition) is 3. The van der Waals surface area contributed by atoms with Crippen LogP contribution >= 0.6 is 0 Å². The molecule has 4 heteroatoms. The van der Waals surface area contributed by atoms with Gasteiger partial charge in [0.05, 0.1) is 19.2 Å². The first-order valence-corrected chi connectivity index (χ1v) is 6.63. The van der Waals surface area contributed by atoms with Gasteiger partial charge in [-0.2, -0.15) is 0 Å². The third-order valence-electron chi connectivity index (χ3n) is 3.12. The minimum absolute atomic E-state index is 0.305. The van der Waals surface area contributed by atoms with Crippen LogP contribution in [0.1, 0.15) is 21.5 Å². The maximum Gasteiger partial charge on any atom is 0.336 e. The van der Waals surface area contributed by atoms with E-state index in [1.54, 1.807) is 31.5 Å². The largest absolute Gasteiger partial charge is 0.497 e. The fourth-order valence-electron chi connectivity index (χ4n) is 1.96. The van der Waals surface area contributed by atoms with E-state index >= 15 is 0 Å². The Balaban J connectivity index is 1.95. The first-order chi connectivity index (χ1) is 10.2. The number of benzene rings is 2. The standard InChI is InChI=1S/C17H17NO3/c1-21-15-8-6-13(7-9-15)10-11-18-12-14-4-2-3-5-16(14)17(19)20/h2-9,11H,10,12H2,1H3,(H,19,20). The molecular formula is C17H17NO3. The van der Waals surface area contributed by atoms with Crippen molar-refractivity contribution in [3.63, 3.8) is 0 Å². The Morgan fingerprint density at radius 1 is 1.19 bits per heavy atom. The molecule has 0 saturated heterocycles. The summed E-state index contributed by atoms with van der Waals surface area (Å²) in [5, 5.41) is 9.09. The highest BCUT2D eigenvalue weighted by molar-refractivity contribution is 5.89. The lowest BCUT2D eigenvalue weighted by atomic mass is 10.1. The molecule has 0 aromatic heterocycles. The average molecular weight is 283 g/mol. The van der Waals surface area contributed by atoms with Crippen LogP contribution in [-0.4, -0.2) is 24.4 Å². The highest BCUT2D eigenvalue weighted by atomic mass is 16.5. The Morgan fingerprint density at radius 3 is 2.57 bits per heavy atom. The number of carboxylic acids is 1. The molecule has 0 atom stereocenters. The number of methoxy groups -OCH3 is 1. The summed E-state index contributed by atoms with van der Waals surface area (Å²) in [6, 6.07) is 14.7. The van der Waals surface area contributed by atoms with E-state index in [2.05, 4.69) is 4.99 Å². The Bertz CT molecular complexity index is 633. The van der Waals surface area contributed by atoms with Crippen LogP contribution in [-0.2, 0) is 13.0 Å². The van der Waals surface area contributed by atoms with Crippen molar-refractivity contribution in [1.29, 1.82) is 0 Å². The minimum atomic E-state index is -0.920. The molecule has 0 saturated carbocycles. The van der Waals surface area contributed by atoms with Crippen LogP contribution in [0.5, 0.6) is 5.75 Å². The van der Waals surface area contributed by atoms with Crippen LogP contribution in [0, 0.1) is 0 Å². The summed E-state index contributed by atoms with van der Waals surface area (Å²) in [7, 11) is 1.64. The highest BCUT2D eigenvalue weighted by Gasteiger charge is 2.07. The number of hydrogen-bond donors (Lipinski definition) is 1. The van der Waals surface area contributed by atoms with Crippen LogP contribution in [0.3, 0.4) is 0 Å². The molecule has 4 nitrogen and oxygen atoms in total. The predicted molar refractivity (Wildman–Crippen MR) is 82.3 cm³/mol. The zero-order valence-electron chi connectivity index (χ0n) is 11.8. The van der Waals surface area contributed by atoms with Gasteiger partial charge >= 0.3 is 5.97 Å². The summed E-state index contributed by atoms with van der Waals surface area (Å²) in [5.74, 6) is -0.0953. The Labute approximate surface area is 123 Å². The van der Waals surface area contributed by atoms with E-state index in [9.17, 15) is 4.79 Å². The van der Waals surface area contributed by atoms with Gasteiger partial charge in [0.2, 0.25) is 0 Å². The molecule has 0 bridgehead atoms. The fourth-order valence-corrected chi connectivity index (χ4v) is 1.96. The molecule has 2 rings (SSSR count). The van der Waals surface area contributed by atoms with Crippen LogP contribution in [0.25, 0.3) is 0 Å². The SMILES string of the molecule is COc1ccc(CC=NCc2ccccc2C(=O)O)cc1. The Hall–Kier alpha value is -2.62. The van der Waals surface area contributed by atoms with Crippen molar-refractivity contribution in [2.75, 3.05) is 7.11 Å². The molecule has 108 valence electrons. The first-order valence-electron chi connectivity index (χ1n) is 6.63. The normalized spacial score (nSPS) is 10.7. The Kier molecular flexibility index (Phi) is 5.10. The molecule has 0 spiro atoms. The van der Waals surface area contributed by atoms with E-state index in [1.807, 2.05) is 30.3 Å². The molecule has 0 aliphatic rings. The summed E-state index contributed by atoms with van der Waals surface area (Å²) in [4.78, 5) is 15.4. The monoisotopic (exact) mass is 283 g/mol. The molecule has 0 amide bonds. The van der Waals surface area contributed by atoms with Gasteiger partial charge in [-0.1, -0.05) is 30.3 Å². The number of rotatable bonds is 6. The lowest BCUT2D eigenvalue weighted by molar-refractivity contribution is 0.0695. The lowest BCUT2D eigenvalue weighted by Gasteiger charge is -2.02. The number of nitrogens with zero attached hydrogens (tertiary/aromatic N) is 1. The second-order valence-electron chi connectivity index (χ2n) is 4.54. The van der Waals surface area contributed by atoms with Gasteiger partial charge in [-0.15, -0.1) is 0 Å². The van der Waals surface area contributed by atoms with Crippen molar-refractivity contribution in [1.82, 2.24) is 0 Å². The van der Waals surface area contributed by atoms with Crippen molar-refractivity contribution < 1.29 is 14.6 Å². The van der Waals surface area contributed by atoms with Crippen molar-refractivity contribution >= 4 is 12.2 Å². The van der Waals surface area contributed by atoms with Crippen LogP contribution in [0.2, 0.25) is 0 Å². The van der Waals surface area contributed by atoms with E-state index in [-0.39, 0.29) is 0 Å². The van der Waals surface area contributed by atoms with Crippen LogP contribution in [0.4, 0.5) is 0 Å². The van der Waals surface area contributed by atoms with Crippen LogP contribution < -0.4 is 4.74 Å². The maximum atomic E-state index is 11.1. The quantitative estimate of drug-likeness (QED) is 0.828. The average Bonchev–Trinajstić information content (AvgIpc) is 2.52. The summed E-state index contributed by atoms with van der Waals surface area (Å²) < 4.78 is 5.10. The maximum absolute atomic E-state index is 11.1. The van der Waals surface area contributed by atoms with E-state index < -0.39 is 5.97 Å². The van der Waals surface area contributed by atoms with Gasteiger partial charge in [0.25, 0.3) is 0 Å². The van der Waals surface area contributed by atoms with E-state index in [1.165, 1.54) is 0 Å². The van der Waals surface area contributed by atoms with Gasteiger partial charge in [-0.05, 0) is 29.3 Å². The number of aliphatic imine (C=N–C) groups is 1. The molecule has 21 heavy (non-hydrogen) atoms. The molecule has 1 N–H and O–H groups in total. The van der Waals surface area contributed by atoms with Gasteiger partial charge in [0.15, 0.2) is 0 Å². The van der Waals surface area contributed by atoms with Gasteiger partial charge in [-0.3, -0.25) is 4.99 Å². The second kappa shape index (κ2) is 7.24. The lowest BCUT2D eigenvalue weighted by Crippen LogP contribution is -2.01. The van der Waals surface area contributed by atoms with Gasteiger partial charge in [0.1, 0.15) is 5.75 Å². The van der Waals surface area contributed by atoms with Crippen LogP contribution in [0.15, 0.2) is 53.5 Å². The number of carboxylic acid groups (broad SMARTS) is 1.